The first-order valence-electron chi connectivity index (χ1n) is 3.58. The van der Waals surface area contributed by atoms with Gasteiger partial charge in [-0.2, -0.15) is 4.65 Å². The molecule has 0 amide bonds. The number of rotatable bonds is 3. The molecule has 0 radical (unpaired) electrons. The quantitative estimate of drug-likeness (QED) is 0.457. The van der Waals surface area contributed by atoms with Crippen molar-refractivity contribution in [3.05, 3.63) is 0 Å². The Kier molecular flexibility index (Phi) is 3.15. The molecule has 0 bridgehead atoms. The van der Waals surface area contributed by atoms with E-state index in [2.05, 4.69) is 6.92 Å². The predicted octanol–water partition coefficient (Wildman–Crippen LogP) is 1.64. The van der Waals surface area contributed by atoms with Crippen LogP contribution in [0.2, 0.25) is 0 Å². The van der Waals surface area contributed by atoms with Crippen LogP contribution in [-0.4, -0.2) is 29.5 Å². The molecule has 0 aromatic carbocycles. The van der Waals surface area contributed by atoms with Gasteiger partial charge in [0.05, 0.1) is 7.05 Å². The second-order valence-electron chi connectivity index (χ2n) is 3.03. The van der Waals surface area contributed by atoms with Crippen molar-refractivity contribution < 1.29 is 9.85 Å². The Labute approximate surface area is 57.6 Å². The molecule has 1 N–H and O–H groups in total. The molecule has 1 atom stereocenters. The van der Waals surface area contributed by atoms with E-state index in [1.807, 2.05) is 20.9 Å². The largest absolute Gasteiger partial charge is 0.217 e. The number of hydroxylamine groups is 3. The van der Waals surface area contributed by atoms with Crippen LogP contribution >= 0.6 is 0 Å². The second-order valence-corrected chi connectivity index (χ2v) is 3.03. The van der Waals surface area contributed by atoms with E-state index < -0.39 is 0 Å². The fourth-order valence-corrected chi connectivity index (χ4v) is 0.711. The van der Waals surface area contributed by atoms with Gasteiger partial charge in [0.2, 0.25) is 0 Å². The standard InChI is InChI=1S/C7H18NO/c1-5-6-8(4,9)7(2)3/h7,9H,5-6H2,1-4H3/q+1. The van der Waals surface area contributed by atoms with E-state index >= 15 is 0 Å². The lowest BCUT2D eigenvalue weighted by atomic mass is 10.3. The molecule has 0 aliphatic heterocycles. The number of hydrogen-bond acceptors (Lipinski definition) is 1. The van der Waals surface area contributed by atoms with Crippen LogP contribution in [0.4, 0.5) is 0 Å². The monoisotopic (exact) mass is 132 g/mol. The van der Waals surface area contributed by atoms with E-state index in [-0.39, 0.29) is 4.65 Å². The fraction of sp³-hybridized carbons (Fsp3) is 1.00. The molecular formula is C7H18NO+. The third-order valence-corrected chi connectivity index (χ3v) is 1.79. The maximum Gasteiger partial charge on any atom is 0.113 e. The maximum absolute atomic E-state index is 9.53. The molecule has 0 saturated carbocycles. The van der Waals surface area contributed by atoms with Crippen molar-refractivity contribution in [2.24, 2.45) is 0 Å². The molecule has 0 saturated heterocycles. The van der Waals surface area contributed by atoms with Gasteiger partial charge in [-0.25, -0.2) is 5.21 Å². The van der Waals surface area contributed by atoms with Gasteiger partial charge in [0.15, 0.2) is 0 Å². The maximum atomic E-state index is 9.53. The zero-order chi connectivity index (χ0) is 7.49. The van der Waals surface area contributed by atoms with Crippen molar-refractivity contribution >= 4 is 0 Å². The average molecular weight is 132 g/mol. The molecule has 0 heterocycles. The van der Waals surface area contributed by atoms with Crippen LogP contribution in [0.5, 0.6) is 0 Å². The van der Waals surface area contributed by atoms with Crippen LogP contribution in [0.1, 0.15) is 27.2 Å². The molecule has 2 heteroatoms. The third kappa shape index (κ3) is 2.82. The normalized spacial score (nSPS) is 18.0. The summed E-state index contributed by atoms with van der Waals surface area (Å²) < 4.78 is 0.149. The summed E-state index contributed by atoms with van der Waals surface area (Å²) in [7, 11) is 1.84. The Morgan fingerprint density at radius 3 is 2.00 bits per heavy atom. The summed E-state index contributed by atoms with van der Waals surface area (Å²) in [5.41, 5.74) is 0. The molecule has 0 fully saturated rings. The van der Waals surface area contributed by atoms with E-state index in [9.17, 15) is 5.21 Å². The number of quaternary nitrogens is 1. The van der Waals surface area contributed by atoms with Crippen LogP contribution in [0, 0.1) is 0 Å². The molecular weight excluding hydrogens is 114 g/mol. The highest BCUT2D eigenvalue weighted by Gasteiger charge is 2.21. The molecule has 56 valence electrons. The molecule has 0 aliphatic rings. The Hall–Kier alpha value is -0.0800. The smallest absolute Gasteiger partial charge is 0.113 e. The number of hydrogen-bond donors (Lipinski definition) is 1. The summed E-state index contributed by atoms with van der Waals surface area (Å²) in [6, 6.07) is 0.310. The predicted molar refractivity (Wildman–Crippen MR) is 38.3 cm³/mol. The Bertz CT molecular complexity index is 79.0. The fourth-order valence-electron chi connectivity index (χ4n) is 0.711. The molecule has 0 rings (SSSR count). The highest BCUT2D eigenvalue weighted by molar-refractivity contribution is 4.34. The van der Waals surface area contributed by atoms with Crippen molar-refractivity contribution in [3.8, 4) is 0 Å². The van der Waals surface area contributed by atoms with Gasteiger partial charge in [0.25, 0.3) is 0 Å². The Balaban J connectivity index is 3.70. The van der Waals surface area contributed by atoms with Crippen LogP contribution < -0.4 is 0 Å². The van der Waals surface area contributed by atoms with E-state index in [1.165, 1.54) is 0 Å². The summed E-state index contributed by atoms with van der Waals surface area (Å²) in [5, 5.41) is 9.53. The minimum Gasteiger partial charge on any atom is -0.217 e. The lowest BCUT2D eigenvalue weighted by Gasteiger charge is -2.28. The molecule has 0 aromatic heterocycles. The van der Waals surface area contributed by atoms with Crippen LogP contribution in [0.25, 0.3) is 0 Å². The van der Waals surface area contributed by atoms with Gasteiger partial charge in [-0.05, 0) is 20.3 Å². The minimum atomic E-state index is 0.149. The minimum absolute atomic E-state index is 0.149. The zero-order valence-electron chi connectivity index (χ0n) is 6.89. The lowest BCUT2D eigenvalue weighted by molar-refractivity contribution is -1.10. The molecule has 9 heavy (non-hydrogen) atoms. The first-order valence-corrected chi connectivity index (χ1v) is 3.58. The SMILES string of the molecule is CCC[N+](C)(O)C(C)C. The first-order chi connectivity index (χ1) is 4.00. The van der Waals surface area contributed by atoms with Crippen molar-refractivity contribution in [1.82, 2.24) is 0 Å². The van der Waals surface area contributed by atoms with Gasteiger partial charge >= 0.3 is 0 Å². The molecule has 0 spiro atoms. The van der Waals surface area contributed by atoms with Gasteiger partial charge in [0.1, 0.15) is 12.6 Å². The second kappa shape index (κ2) is 3.18. The van der Waals surface area contributed by atoms with Gasteiger partial charge < -0.3 is 0 Å². The van der Waals surface area contributed by atoms with E-state index in [0.717, 1.165) is 13.0 Å². The van der Waals surface area contributed by atoms with E-state index in [4.69, 9.17) is 0 Å². The molecule has 0 aromatic rings. The van der Waals surface area contributed by atoms with Gasteiger partial charge in [-0.3, -0.25) is 0 Å². The summed E-state index contributed by atoms with van der Waals surface area (Å²) in [6.07, 6.45) is 1.03. The van der Waals surface area contributed by atoms with Gasteiger partial charge in [-0.15, -0.1) is 0 Å². The summed E-state index contributed by atoms with van der Waals surface area (Å²) in [5.74, 6) is 0. The average Bonchev–Trinajstić information content (AvgIpc) is 1.65. The van der Waals surface area contributed by atoms with Crippen molar-refractivity contribution in [3.63, 3.8) is 0 Å². The first kappa shape index (κ1) is 8.92. The summed E-state index contributed by atoms with van der Waals surface area (Å²) in [4.78, 5) is 0. The Morgan fingerprint density at radius 2 is 1.89 bits per heavy atom. The zero-order valence-corrected chi connectivity index (χ0v) is 6.89. The van der Waals surface area contributed by atoms with Gasteiger partial charge in [-0.1, -0.05) is 6.92 Å². The topological polar surface area (TPSA) is 20.2 Å². The van der Waals surface area contributed by atoms with Crippen molar-refractivity contribution in [2.75, 3.05) is 13.6 Å². The highest BCUT2D eigenvalue weighted by Crippen LogP contribution is 2.04. The van der Waals surface area contributed by atoms with Crippen molar-refractivity contribution in [2.45, 2.75) is 33.2 Å². The molecule has 0 aliphatic carbocycles. The van der Waals surface area contributed by atoms with Crippen LogP contribution in [0.15, 0.2) is 0 Å². The van der Waals surface area contributed by atoms with E-state index in [1.54, 1.807) is 0 Å². The molecule has 1 unspecified atom stereocenters. The van der Waals surface area contributed by atoms with Gasteiger partial charge in [0, 0.05) is 0 Å². The summed E-state index contributed by atoms with van der Waals surface area (Å²) in [6.45, 7) is 6.97. The van der Waals surface area contributed by atoms with Crippen molar-refractivity contribution in [1.29, 1.82) is 0 Å². The highest BCUT2D eigenvalue weighted by atomic mass is 16.5. The number of nitrogens with zero attached hydrogens (tertiary/aromatic N) is 1. The Morgan fingerprint density at radius 1 is 1.44 bits per heavy atom. The van der Waals surface area contributed by atoms with Crippen LogP contribution in [-0.2, 0) is 0 Å². The molecule has 2 nitrogen and oxygen atoms in total. The lowest BCUT2D eigenvalue weighted by Crippen LogP contribution is -2.46. The van der Waals surface area contributed by atoms with E-state index in [0.29, 0.717) is 6.04 Å². The summed E-state index contributed by atoms with van der Waals surface area (Å²) >= 11 is 0. The van der Waals surface area contributed by atoms with Crippen LogP contribution in [0.3, 0.4) is 0 Å². The third-order valence-electron chi connectivity index (χ3n) is 1.79.